The van der Waals surface area contributed by atoms with Crippen LogP contribution in [-0.4, -0.2) is 55.0 Å². The average molecular weight is 258 g/mol. The Morgan fingerprint density at radius 3 is 2.72 bits per heavy atom. The molecule has 2 aliphatic heterocycles. The van der Waals surface area contributed by atoms with Gasteiger partial charge in [0.25, 0.3) is 0 Å². The fraction of sp³-hybridized carbons (Fsp3) is 0.917. The molecule has 6 nitrogen and oxygen atoms in total. The summed E-state index contributed by atoms with van der Waals surface area (Å²) >= 11 is 0. The third kappa shape index (κ3) is 1.75. The lowest BCUT2D eigenvalue weighted by atomic mass is 9.99. The first-order chi connectivity index (χ1) is 8.44. The van der Waals surface area contributed by atoms with Crippen LogP contribution < -0.4 is 0 Å². The average Bonchev–Trinajstić information content (AvgIpc) is 2.99. The third-order valence-corrected chi connectivity index (χ3v) is 3.98. The minimum absolute atomic E-state index is 0.109. The van der Waals surface area contributed by atoms with E-state index in [1.165, 1.54) is 0 Å². The number of methoxy groups -OCH3 is 1. The van der Waals surface area contributed by atoms with E-state index in [9.17, 15) is 4.79 Å². The highest BCUT2D eigenvalue weighted by Gasteiger charge is 2.67. The monoisotopic (exact) mass is 258 g/mol. The molecule has 0 aromatic rings. The summed E-state index contributed by atoms with van der Waals surface area (Å²) in [5, 5.41) is 9.13. The number of hydrogen-bond donors (Lipinski definition) is 1. The summed E-state index contributed by atoms with van der Waals surface area (Å²) in [7, 11) is 1.59. The van der Waals surface area contributed by atoms with Gasteiger partial charge in [0.1, 0.15) is 12.2 Å². The van der Waals surface area contributed by atoms with Gasteiger partial charge in [0, 0.05) is 13.0 Å². The molecular weight excluding hydrogens is 240 g/mol. The van der Waals surface area contributed by atoms with Crippen LogP contribution in [0.4, 0.5) is 0 Å². The highest BCUT2D eigenvalue weighted by atomic mass is 16.7. The molecule has 3 rings (SSSR count). The summed E-state index contributed by atoms with van der Waals surface area (Å²) in [5.74, 6) is -2.09. The molecule has 1 N–H and O–H groups in total. The molecule has 2 heterocycles. The Morgan fingerprint density at radius 2 is 2.11 bits per heavy atom. The molecule has 6 atom stereocenters. The molecule has 3 aliphatic rings. The van der Waals surface area contributed by atoms with Gasteiger partial charge >= 0.3 is 5.97 Å². The van der Waals surface area contributed by atoms with Crippen LogP contribution in [0.3, 0.4) is 0 Å². The summed E-state index contributed by atoms with van der Waals surface area (Å²) in [5.41, 5.74) is 0. The van der Waals surface area contributed by atoms with Crippen LogP contribution in [0.1, 0.15) is 13.8 Å². The van der Waals surface area contributed by atoms with Crippen molar-refractivity contribution in [1.82, 2.24) is 0 Å². The first-order valence-electron chi connectivity index (χ1n) is 6.17. The predicted molar refractivity (Wildman–Crippen MR) is 59.0 cm³/mol. The second-order valence-corrected chi connectivity index (χ2v) is 5.57. The Kier molecular flexibility index (Phi) is 2.68. The van der Waals surface area contributed by atoms with E-state index < -0.39 is 17.7 Å². The SMILES string of the molecule is CO[C@H]1[C@@H]2OC(C)(C)OC[C@H]2O[C@@H]2C(C(=O)O)[C@H]12. The molecule has 18 heavy (non-hydrogen) atoms. The molecule has 6 heteroatoms. The van der Waals surface area contributed by atoms with Crippen molar-refractivity contribution in [2.45, 2.75) is 44.1 Å². The number of rotatable bonds is 2. The number of ether oxygens (including phenoxy) is 4. The second-order valence-electron chi connectivity index (χ2n) is 5.57. The van der Waals surface area contributed by atoms with E-state index in [0.717, 1.165) is 0 Å². The Bertz CT molecular complexity index is 368. The number of fused-ring (bicyclic) bond motifs is 2. The maximum Gasteiger partial charge on any atom is 0.309 e. The van der Waals surface area contributed by atoms with Crippen LogP contribution in [-0.2, 0) is 23.7 Å². The lowest BCUT2D eigenvalue weighted by Crippen LogP contribution is -2.58. The van der Waals surface area contributed by atoms with E-state index in [0.29, 0.717) is 6.61 Å². The number of hydrogen-bond acceptors (Lipinski definition) is 5. The Hall–Kier alpha value is -0.690. The first-order valence-corrected chi connectivity index (χ1v) is 6.17. The molecule has 0 radical (unpaired) electrons. The normalized spacial score (nSPS) is 49.1. The topological polar surface area (TPSA) is 74.2 Å². The second kappa shape index (κ2) is 3.90. The molecule has 2 saturated heterocycles. The smallest absolute Gasteiger partial charge is 0.309 e. The van der Waals surface area contributed by atoms with Crippen molar-refractivity contribution < 1.29 is 28.8 Å². The molecule has 102 valence electrons. The lowest BCUT2D eigenvalue weighted by Gasteiger charge is -2.45. The van der Waals surface area contributed by atoms with Crippen LogP contribution in [0.2, 0.25) is 0 Å². The number of carboxylic acid groups (broad SMARTS) is 1. The van der Waals surface area contributed by atoms with Gasteiger partial charge in [0.05, 0.1) is 24.7 Å². The molecule has 1 unspecified atom stereocenters. The van der Waals surface area contributed by atoms with Crippen LogP contribution in [0.15, 0.2) is 0 Å². The molecule has 0 aromatic heterocycles. The molecule has 0 aromatic carbocycles. The summed E-state index contributed by atoms with van der Waals surface area (Å²) in [6.45, 7) is 4.08. The van der Waals surface area contributed by atoms with Crippen LogP contribution in [0, 0.1) is 11.8 Å². The fourth-order valence-corrected chi connectivity index (χ4v) is 3.10. The summed E-state index contributed by atoms with van der Waals surface area (Å²) in [4.78, 5) is 11.1. The summed E-state index contributed by atoms with van der Waals surface area (Å²) in [6, 6.07) is 0. The fourth-order valence-electron chi connectivity index (χ4n) is 3.10. The lowest BCUT2D eigenvalue weighted by molar-refractivity contribution is -0.338. The molecule has 3 fully saturated rings. The van der Waals surface area contributed by atoms with Crippen molar-refractivity contribution in [3.63, 3.8) is 0 Å². The van der Waals surface area contributed by atoms with Gasteiger partial charge in [-0.2, -0.15) is 0 Å². The molecule has 1 aliphatic carbocycles. The highest BCUT2D eigenvalue weighted by molar-refractivity contribution is 5.75. The van der Waals surface area contributed by atoms with Gasteiger partial charge in [-0.15, -0.1) is 0 Å². The van der Waals surface area contributed by atoms with E-state index in [1.54, 1.807) is 7.11 Å². The van der Waals surface area contributed by atoms with Gasteiger partial charge < -0.3 is 24.1 Å². The highest BCUT2D eigenvalue weighted by Crippen LogP contribution is 2.52. The molecule has 0 spiro atoms. The Morgan fingerprint density at radius 1 is 1.39 bits per heavy atom. The van der Waals surface area contributed by atoms with Gasteiger partial charge in [-0.1, -0.05) is 0 Å². The maximum absolute atomic E-state index is 11.1. The molecule has 1 saturated carbocycles. The predicted octanol–water partition coefficient (Wildman–Crippen LogP) is 0.251. The van der Waals surface area contributed by atoms with Crippen LogP contribution >= 0.6 is 0 Å². The van der Waals surface area contributed by atoms with Crippen molar-refractivity contribution in [2.24, 2.45) is 11.8 Å². The molecular formula is C12H18O6. The Labute approximate surface area is 105 Å². The van der Waals surface area contributed by atoms with Crippen molar-refractivity contribution >= 4 is 5.97 Å². The number of carbonyl (C=O) groups is 1. The quantitative estimate of drug-likeness (QED) is 0.765. The van der Waals surface area contributed by atoms with Crippen LogP contribution in [0.25, 0.3) is 0 Å². The zero-order chi connectivity index (χ0) is 13.1. The van der Waals surface area contributed by atoms with E-state index in [4.69, 9.17) is 24.1 Å². The van der Waals surface area contributed by atoms with Gasteiger partial charge in [0.15, 0.2) is 5.79 Å². The molecule has 0 amide bonds. The zero-order valence-corrected chi connectivity index (χ0v) is 10.7. The summed E-state index contributed by atoms with van der Waals surface area (Å²) in [6.07, 6.45) is -1.00. The summed E-state index contributed by atoms with van der Waals surface area (Å²) < 4.78 is 22.6. The van der Waals surface area contributed by atoms with Crippen molar-refractivity contribution in [3.8, 4) is 0 Å². The van der Waals surface area contributed by atoms with E-state index in [1.807, 2.05) is 13.8 Å². The van der Waals surface area contributed by atoms with E-state index in [2.05, 4.69) is 0 Å². The minimum Gasteiger partial charge on any atom is -0.481 e. The van der Waals surface area contributed by atoms with Crippen molar-refractivity contribution in [3.05, 3.63) is 0 Å². The number of aliphatic carboxylic acids is 1. The third-order valence-electron chi connectivity index (χ3n) is 3.98. The first kappa shape index (κ1) is 12.3. The minimum atomic E-state index is -0.828. The number of carboxylic acids is 1. The maximum atomic E-state index is 11.1. The van der Waals surface area contributed by atoms with Crippen molar-refractivity contribution in [1.29, 1.82) is 0 Å². The van der Waals surface area contributed by atoms with Gasteiger partial charge in [0.2, 0.25) is 0 Å². The molecule has 0 bridgehead atoms. The zero-order valence-electron chi connectivity index (χ0n) is 10.7. The van der Waals surface area contributed by atoms with E-state index in [-0.39, 0.29) is 30.3 Å². The van der Waals surface area contributed by atoms with E-state index >= 15 is 0 Å². The Balaban J connectivity index is 1.81. The largest absolute Gasteiger partial charge is 0.481 e. The van der Waals surface area contributed by atoms with Gasteiger partial charge in [-0.05, 0) is 13.8 Å². The van der Waals surface area contributed by atoms with Crippen molar-refractivity contribution in [2.75, 3.05) is 13.7 Å². The van der Waals surface area contributed by atoms with Gasteiger partial charge in [-0.3, -0.25) is 4.79 Å². The standard InChI is InChI=1S/C12H18O6/c1-12(2)16-4-5-8(18-12)10(15-3)6-7(11(13)14)9(6)17-5/h5-10H,4H2,1-3H3,(H,13,14)/t5-,6+,7?,8-,9+,10-/m1/s1. The van der Waals surface area contributed by atoms with Gasteiger partial charge in [-0.25, -0.2) is 0 Å². The van der Waals surface area contributed by atoms with Crippen LogP contribution in [0.5, 0.6) is 0 Å².